The van der Waals surface area contributed by atoms with Crippen LogP contribution in [0, 0.1) is 0 Å². The number of hydrogen-bond acceptors (Lipinski definition) is 3. The third kappa shape index (κ3) is 4.86. The number of rotatable bonds is 6. The first kappa shape index (κ1) is 14.2. The van der Waals surface area contributed by atoms with Crippen LogP contribution in [0.2, 0.25) is 0 Å². The zero-order valence-electron chi connectivity index (χ0n) is 11.2. The van der Waals surface area contributed by atoms with Crippen LogP contribution in [0.4, 0.5) is 0 Å². The van der Waals surface area contributed by atoms with Gasteiger partial charge in [-0.15, -0.1) is 0 Å². The molecule has 0 spiro atoms. The first-order valence-corrected chi connectivity index (χ1v) is 6.44. The highest BCUT2D eigenvalue weighted by Gasteiger charge is 2.26. The predicted molar refractivity (Wildman–Crippen MR) is 67.8 cm³/mol. The highest BCUT2D eigenvalue weighted by molar-refractivity contribution is 5.96. The Balaban J connectivity index is 2.56. The van der Waals surface area contributed by atoms with E-state index in [-0.39, 0.29) is 18.1 Å². The van der Waals surface area contributed by atoms with Crippen molar-refractivity contribution in [2.24, 2.45) is 0 Å². The van der Waals surface area contributed by atoms with E-state index >= 15 is 0 Å². The van der Waals surface area contributed by atoms with Crippen LogP contribution in [0.5, 0.6) is 0 Å². The number of carbonyl (C=O) groups is 2. The molecule has 4 nitrogen and oxygen atoms in total. The van der Waals surface area contributed by atoms with Crippen LogP contribution >= 0.6 is 0 Å². The lowest BCUT2D eigenvalue weighted by Crippen LogP contribution is -2.43. The fourth-order valence-corrected chi connectivity index (χ4v) is 2.35. The highest BCUT2D eigenvalue weighted by Crippen LogP contribution is 2.23. The summed E-state index contributed by atoms with van der Waals surface area (Å²) in [6.45, 7) is 3.08. The minimum Gasteiger partial charge on any atom is -0.338 e. The summed E-state index contributed by atoms with van der Waals surface area (Å²) in [5.41, 5.74) is 0. The summed E-state index contributed by atoms with van der Waals surface area (Å²) in [5, 5.41) is 0. The summed E-state index contributed by atoms with van der Waals surface area (Å²) in [4.78, 5) is 27.1. The smallest absolute Gasteiger partial charge is 0.230 e. The molecule has 0 radical (unpaired) electrons. The molecule has 1 amide bonds. The van der Waals surface area contributed by atoms with Gasteiger partial charge < -0.3 is 9.80 Å². The molecule has 0 atom stereocenters. The fourth-order valence-electron chi connectivity index (χ4n) is 2.35. The molecule has 0 unspecified atom stereocenters. The predicted octanol–water partition coefficient (Wildman–Crippen LogP) is 1.30. The second-order valence-electron chi connectivity index (χ2n) is 5.21. The van der Waals surface area contributed by atoms with Gasteiger partial charge in [0.25, 0.3) is 0 Å². The van der Waals surface area contributed by atoms with Gasteiger partial charge in [-0.3, -0.25) is 9.59 Å². The van der Waals surface area contributed by atoms with E-state index in [2.05, 4.69) is 4.90 Å². The molecule has 4 heteroatoms. The first-order chi connectivity index (χ1) is 8.00. The molecule has 1 rings (SSSR count). The molecule has 1 fully saturated rings. The standard InChI is InChI=1S/C13H24N2O2/c1-11(16)10-13(17)15(9-8-14(2)3)12-6-4-5-7-12/h12H,4-10H2,1-3H3. The van der Waals surface area contributed by atoms with Gasteiger partial charge in [0.1, 0.15) is 5.78 Å². The van der Waals surface area contributed by atoms with Gasteiger partial charge in [0.15, 0.2) is 0 Å². The van der Waals surface area contributed by atoms with E-state index < -0.39 is 0 Å². The molecule has 17 heavy (non-hydrogen) atoms. The number of hydrogen-bond donors (Lipinski definition) is 0. The average molecular weight is 240 g/mol. The van der Waals surface area contributed by atoms with Gasteiger partial charge in [-0.25, -0.2) is 0 Å². The van der Waals surface area contributed by atoms with E-state index in [1.165, 1.54) is 19.8 Å². The van der Waals surface area contributed by atoms with Gasteiger partial charge in [0.05, 0.1) is 6.42 Å². The summed E-state index contributed by atoms with van der Waals surface area (Å²) >= 11 is 0. The second kappa shape index (κ2) is 6.74. The fraction of sp³-hybridized carbons (Fsp3) is 0.846. The van der Waals surface area contributed by atoms with E-state index in [9.17, 15) is 9.59 Å². The number of Topliss-reactive ketones (excluding diaryl/α,β-unsaturated/α-hetero) is 1. The highest BCUT2D eigenvalue weighted by atomic mass is 16.2. The number of nitrogens with zero attached hydrogens (tertiary/aromatic N) is 2. The summed E-state index contributed by atoms with van der Waals surface area (Å²) in [5.74, 6) is -0.0332. The molecule has 0 N–H and O–H groups in total. The Morgan fingerprint density at radius 2 is 1.71 bits per heavy atom. The number of likely N-dealkylation sites (N-methyl/N-ethyl adjacent to an activating group) is 1. The lowest BCUT2D eigenvalue weighted by Gasteiger charge is -2.30. The zero-order chi connectivity index (χ0) is 12.8. The van der Waals surface area contributed by atoms with Crippen molar-refractivity contribution in [2.75, 3.05) is 27.2 Å². The van der Waals surface area contributed by atoms with Gasteiger partial charge in [-0.05, 0) is 33.9 Å². The maximum atomic E-state index is 12.0. The quantitative estimate of drug-likeness (QED) is 0.657. The number of ketones is 1. The van der Waals surface area contributed by atoms with E-state index in [1.807, 2.05) is 19.0 Å². The molecule has 1 aliphatic rings. The maximum Gasteiger partial charge on any atom is 0.230 e. The van der Waals surface area contributed by atoms with Crippen molar-refractivity contribution in [1.82, 2.24) is 9.80 Å². The van der Waals surface area contributed by atoms with E-state index in [4.69, 9.17) is 0 Å². The third-order valence-electron chi connectivity index (χ3n) is 3.27. The van der Waals surface area contributed by atoms with Crippen LogP contribution in [0.3, 0.4) is 0 Å². The lowest BCUT2D eigenvalue weighted by atomic mass is 10.1. The number of amides is 1. The molecule has 1 aliphatic carbocycles. The second-order valence-corrected chi connectivity index (χ2v) is 5.21. The molecule has 0 aromatic rings. The van der Waals surface area contributed by atoms with E-state index in [0.717, 1.165) is 25.9 Å². The minimum absolute atomic E-state index is 0.00579. The Morgan fingerprint density at radius 3 is 2.18 bits per heavy atom. The van der Waals surface area contributed by atoms with Crippen molar-refractivity contribution in [1.29, 1.82) is 0 Å². The van der Waals surface area contributed by atoms with Crippen molar-refractivity contribution in [3.8, 4) is 0 Å². The third-order valence-corrected chi connectivity index (χ3v) is 3.27. The molecular formula is C13H24N2O2. The van der Waals surface area contributed by atoms with Crippen molar-refractivity contribution in [2.45, 2.75) is 45.1 Å². The van der Waals surface area contributed by atoms with Crippen LogP contribution < -0.4 is 0 Å². The molecule has 0 saturated heterocycles. The van der Waals surface area contributed by atoms with Crippen LogP contribution in [-0.4, -0.2) is 54.7 Å². The van der Waals surface area contributed by atoms with Crippen molar-refractivity contribution in [3.05, 3.63) is 0 Å². The van der Waals surface area contributed by atoms with E-state index in [0.29, 0.717) is 6.04 Å². The molecular weight excluding hydrogens is 216 g/mol. The Kier molecular flexibility index (Phi) is 5.62. The Bertz CT molecular complexity index is 271. The van der Waals surface area contributed by atoms with Crippen molar-refractivity contribution >= 4 is 11.7 Å². The molecule has 0 aliphatic heterocycles. The largest absolute Gasteiger partial charge is 0.338 e. The van der Waals surface area contributed by atoms with Crippen LogP contribution in [-0.2, 0) is 9.59 Å². The maximum absolute atomic E-state index is 12.0. The van der Waals surface area contributed by atoms with Gasteiger partial charge in [0.2, 0.25) is 5.91 Å². The lowest BCUT2D eigenvalue weighted by molar-refractivity contribution is -0.136. The van der Waals surface area contributed by atoms with Crippen LogP contribution in [0.15, 0.2) is 0 Å². The number of carbonyl (C=O) groups excluding carboxylic acids is 2. The van der Waals surface area contributed by atoms with Gasteiger partial charge in [0, 0.05) is 19.1 Å². The van der Waals surface area contributed by atoms with Gasteiger partial charge >= 0.3 is 0 Å². The summed E-state index contributed by atoms with van der Waals surface area (Å²) < 4.78 is 0. The van der Waals surface area contributed by atoms with Gasteiger partial charge in [-0.2, -0.15) is 0 Å². The Labute approximate surface area is 104 Å². The summed E-state index contributed by atoms with van der Waals surface area (Å²) in [6, 6.07) is 0.363. The normalized spacial score (nSPS) is 16.5. The summed E-state index contributed by atoms with van der Waals surface area (Å²) in [7, 11) is 4.00. The Hall–Kier alpha value is -0.900. The van der Waals surface area contributed by atoms with Crippen LogP contribution in [0.25, 0.3) is 0 Å². The molecule has 1 saturated carbocycles. The topological polar surface area (TPSA) is 40.6 Å². The van der Waals surface area contributed by atoms with Gasteiger partial charge in [-0.1, -0.05) is 12.8 Å². The molecule has 98 valence electrons. The SMILES string of the molecule is CC(=O)CC(=O)N(CCN(C)C)C1CCCC1. The first-order valence-electron chi connectivity index (χ1n) is 6.44. The Morgan fingerprint density at radius 1 is 1.12 bits per heavy atom. The zero-order valence-corrected chi connectivity index (χ0v) is 11.2. The van der Waals surface area contributed by atoms with Crippen LogP contribution in [0.1, 0.15) is 39.0 Å². The monoisotopic (exact) mass is 240 g/mol. The van der Waals surface area contributed by atoms with Crippen molar-refractivity contribution in [3.63, 3.8) is 0 Å². The molecule has 0 aromatic heterocycles. The summed E-state index contributed by atoms with van der Waals surface area (Å²) in [6.07, 6.45) is 4.66. The molecule has 0 heterocycles. The minimum atomic E-state index is -0.0390. The molecule has 0 aromatic carbocycles. The van der Waals surface area contributed by atoms with E-state index in [1.54, 1.807) is 0 Å². The van der Waals surface area contributed by atoms with Crippen molar-refractivity contribution < 1.29 is 9.59 Å². The average Bonchev–Trinajstić information content (AvgIpc) is 2.69. The molecule has 0 bridgehead atoms.